The van der Waals surface area contributed by atoms with Crippen LogP contribution in [0.5, 0.6) is 0 Å². The van der Waals surface area contributed by atoms with Gasteiger partial charge in [0, 0.05) is 36.4 Å². The Hall–Kier alpha value is -1.20. The molecule has 2 aromatic heterocycles. The fourth-order valence-corrected chi connectivity index (χ4v) is 2.45. The van der Waals surface area contributed by atoms with E-state index < -0.39 is 0 Å². The van der Waals surface area contributed by atoms with E-state index in [-0.39, 0.29) is 0 Å². The standard InChI is InChI=1S/C12H18N4S/c1-8(2)13-5-10-6-14-12(17-10)11-7-15-16(4)9(11)3/h6-8,13H,5H2,1-4H3. The van der Waals surface area contributed by atoms with Gasteiger partial charge in [-0.2, -0.15) is 5.10 Å². The molecule has 1 N–H and O–H groups in total. The van der Waals surface area contributed by atoms with Crippen molar-refractivity contribution >= 4 is 11.3 Å². The quantitative estimate of drug-likeness (QED) is 0.905. The summed E-state index contributed by atoms with van der Waals surface area (Å²) in [6, 6.07) is 0.501. The van der Waals surface area contributed by atoms with Crippen molar-refractivity contribution < 1.29 is 0 Å². The molecular formula is C12H18N4S. The van der Waals surface area contributed by atoms with E-state index in [0.717, 1.165) is 22.8 Å². The van der Waals surface area contributed by atoms with Gasteiger partial charge in [-0.15, -0.1) is 11.3 Å². The normalized spacial score (nSPS) is 11.4. The molecule has 0 radical (unpaired) electrons. The first-order chi connectivity index (χ1) is 8.08. The summed E-state index contributed by atoms with van der Waals surface area (Å²) in [4.78, 5) is 5.72. The lowest BCUT2D eigenvalue weighted by Gasteiger charge is -2.04. The van der Waals surface area contributed by atoms with Crippen LogP contribution in [0.25, 0.3) is 10.6 Å². The number of aryl methyl sites for hydroxylation is 1. The second kappa shape index (κ2) is 4.98. The first-order valence-corrected chi connectivity index (χ1v) is 6.56. The van der Waals surface area contributed by atoms with Crippen molar-refractivity contribution in [3.63, 3.8) is 0 Å². The molecule has 0 aromatic carbocycles. The summed E-state index contributed by atoms with van der Waals surface area (Å²) in [6.45, 7) is 7.24. The molecule has 4 nitrogen and oxygen atoms in total. The molecule has 2 rings (SSSR count). The molecule has 2 aromatic rings. The van der Waals surface area contributed by atoms with Crippen molar-refractivity contribution in [1.29, 1.82) is 0 Å². The van der Waals surface area contributed by atoms with Crippen molar-refractivity contribution in [1.82, 2.24) is 20.1 Å². The molecule has 0 amide bonds. The Morgan fingerprint density at radius 1 is 1.41 bits per heavy atom. The Kier molecular flexibility index (Phi) is 3.59. The molecule has 0 fully saturated rings. The van der Waals surface area contributed by atoms with Crippen molar-refractivity contribution in [3.8, 4) is 10.6 Å². The lowest BCUT2D eigenvalue weighted by atomic mass is 10.3. The molecule has 0 aliphatic heterocycles. The van der Waals surface area contributed by atoms with Crippen LogP contribution in [0.4, 0.5) is 0 Å². The van der Waals surface area contributed by atoms with E-state index in [1.807, 2.05) is 24.1 Å². The SMILES string of the molecule is Cc1c(-c2ncc(CNC(C)C)s2)cnn1C. The van der Waals surface area contributed by atoms with Gasteiger partial charge in [0.15, 0.2) is 0 Å². The van der Waals surface area contributed by atoms with E-state index in [0.29, 0.717) is 6.04 Å². The van der Waals surface area contributed by atoms with E-state index in [2.05, 4.69) is 36.2 Å². The summed E-state index contributed by atoms with van der Waals surface area (Å²) < 4.78 is 1.88. The molecular weight excluding hydrogens is 232 g/mol. The van der Waals surface area contributed by atoms with E-state index in [1.54, 1.807) is 11.3 Å². The minimum atomic E-state index is 0.501. The van der Waals surface area contributed by atoms with Gasteiger partial charge < -0.3 is 5.32 Å². The van der Waals surface area contributed by atoms with Gasteiger partial charge >= 0.3 is 0 Å². The van der Waals surface area contributed by atoms with E-state index in [9.17, 15) is 0 Å². The highest BCUT2D eigenvalue weighted by Gasteiger charge is 2.10. The van der Waals surface area contributed by atoms with Gasteiger partial charge in [-0.25, -0.2) is 4.98 Å². The predicted molar refractivity (Wildman–Crippen MR) is 71.0 cm³/mol. The molecule has 0 aliphatic carbocycles. The van der Waals surface area contributed by atoms with Crippen LogP contribution in [-0.2, 0) is 13.6 Å². The minimum absolute atomic E-state index is 0.501. The number of rotatable bonds is 4. The molecule has 0 bridgehead atoms. The zero-order chi connectivity index (χ0) is 12.4. The number of nitrogens with zero attached hydrogens (tertiary/aromatic N) is 3. The topological polar surface area (TPSA) is 42.7 Å². The van der Waals surface area contributed by atoms with Crippen molar-refractivity contribution in [3.05, 3.63) is 23.0 Å². The molecule has 0 saturated heterocycles. The second-order valence-electron chi connectivity index (χ2n) is 4.43. The molecule has 0 atom stereocenters. The van der Waals surface area contributed by atoms with Crippen LogP contribution in [0.2, 0.25) is 0 Å². The smallest absolute Gasteiger partial charge is 0.127 e. The number of aromatic nitrogens is 3. The maximum absolute atomic E-state index is 4.46. The lowest BCUT2D eigenvalue weighted by Crippen LogP contribution is -2.21. The third kappa shape index (κ3) is 2.73. The monoisotopic (exact) mass is 250 g/mol. The van der Waals surface area contributed by atoms with Gasteiger partial charge in [0.05, 0.1) is 11.8 Å². The molecule has 0 saturated carbocycles. The molecule has 0 spiro atoms. The van der Waals surface area contributed by atoms with Crippen LogP contribution >= 0.6 is 11.3 Å². The van der Waals surface area contributed by atoms with Crippen LogP contribution in [0.3, 0.4) is 0 Å². The highest BCUT2D eigenvalue weighted by atomic mass is 32.1. The average Bonchev–Trinajstić information content (AvgIpc) is 2.85. The summed E-state index contributed by atoms with van der Waals surface area (Å²) in [5.74, 6) is 0. The summed E-state index contributed by atoms with van der Waals surface area (Å²) in [5, 5.41) is 8.69. The summed E-state index contributed by atoms with van der Waals surface area (Å²) >= 11 is 1.73. The molecule has 17 heavy (non-hydrogen) atoms. The predicted octanol–water partition coefficient (Wildman–Crippen LogP) is 2.35. The number of thiazole rings is 1. The van der Waals surface area contributed by atoms with Crippen LogP contribution in [0.1, 0.15) is 24.4 Å². The van der Waals surface area contributed by atoms with Gasteiger partial charge in [-0.1, -0.05) is 13.8 Å². The maximum atomic E-state index is 4.46. The maximum Gasteiger partial charge on any atom is 0.127 e. The Morgan fingerprint density at radius 2 is 2.18 bits per heavy atom. The largest absolute Gasteiger partial charge is 0.310 e. The average molecular weight is 250 g/mol. The van der Waals surface area contributed by atoms with Crippen molar-refractivity contribution in [2.45, 2.75) is 33.4 Å². The number of nitrogens with one attached hydrogen (secondary N) is 1. The van der Waals surface area contributed by atoms with Gasteiger partial charge in [-0.05, 0) is 6.92 Å². The van der Waals surface area contributed by atoms with Crippen molar-refractivity contribution in [2.75, 3.05) is 0 Å². The second-order valence-corrected chi connectivity index (χ2v) is 5.55. The van der Waals surface area contributed by atoms with E-state index in [1.165, 1.54) is 4.88 Å². The highest BCUT2D eigenvalue weighted by molar-refractivity contribution is 7.15. The Labute approximate surface area is 106 Å². The first kappa shape index (κ1) is 12.3. The van der Waals surface area contributed by atoms with Crippen LogP contribution in [0.15, 0.2) is 12.4 Å². The molecule has 5 heteroatoms. The van der Waals surface area contributed by atoms with E-state index in [4.69, 9.17) is 0 Å². The molecule has 0 unspecified atom stereocenters. The van der Waals surface area contributed by atoms with Crippen LogP contribution in [0, 0.1) is 6.92 Å². The molecule has 2 heterocycles. The van der Waals surface area contributed by atoms with Crippen LogP contribution in [-0.4, -0.2) is 20.8 Å². The first-order valence-electron chi connectivity index (χ1n) is 5.75. The Balaban J connectivity index is 2.15. The number of hydrogen-bond donors (Lipinski definition) is 1. The minimum Gasteiger partial charge on any atom is -0.310 e. The van der Waals surface area contributed by atoms with Crippen LogP contribution < -0.4 is 5.32 Å². The number of hydrogen-bond acceptors (Lipinski definition) is 4. The van der Waals surface area contributed by atoms with E-state index >= 15 is 0 Å². The highest BCUT2D eigenvalue weighted by Crippen LogP contribution is 2.27. The Bertz CT molecular complexity index is 498. The lowest BCUT2D eigenvalue weighted by molar-refractivity contribution is 0.593. The summed E-state index contributed by atoms with van der Waals surface area (Å²) in [7, 11) is 1.95. The molecule has 0 aliphatic rings. The summed E-state index contributed by atoms with van der Waals surface area (Å²) in [5.41, 5.74) is 2.29. The zero-order valence-electron chi connectivity index (χ0n) is 10.7. The summed E-state index contributed by atoms with van der Waals surface area (Å²) in [6.07, 6.45) is 3.83. The fraction of sp³-hybridized carbons (Fsp3) is 0.500. The van der Waals surface area contributed by atoms with Crippen molar-refractivity contribution in [2.24, 2.45) is 7.05 Å². The Morgan fingerprint density at radius 3 is 2.76 bits per heavy atom. The third-order valence-corrected chi connectivity index (χ3v) is 3.73. The fourth-order valence-electron chi connectivity index (χ4n) is 1.53. The van der Waals surface area contributed by atoms with Gasteiger partial charge in [0.2, 0.25) is 0 Å². The molecule has 92 valence electrons. The third-order valence-electron chi connectivity index (χ3n) is 2.70. The van der Waals surface area contributed by atoms with Gasteiger partial charge in [-0.3, -0.25) is 4.68 Å². The van der Waals surface area contributed by atoms with Gasteiger partial charge in [0.1, 0.15) is 5.01 Å². The van der Waals surface area contributed by atoms with Gasteiger partial charge in [0.25, 0.3) is 0 Å². The zero-order valence-corrected chi connectivity index (χ0v) is 11.5.